The van der Waals surface area contributed by atoms with Gasteiger partial charge in [0.05, 0.1) is 4.92 Å². The molecule has 1 atom stereocenters. The summed E-state index contributed by atoms with van der Waals surface area (Å²) in [5.74, 6) is 1.47. The van der Waals surface area contributed by atoms with E-state index < -0.39 is 0 Å². The van der Waals surface area contributed by atoms with Gasteiger partial charge in [-0.25, -0.2) is 0 Å². The number of hydrogen-bond donors (Lipinski definition) is 1. The predicted molar refractivity (Wildman–Crippen MR) is 119 cm³/mol. The molecule has 2 aromatic rings. The molecule has 0 aromatic heterocycles. The molecule has 0 bridgehead atoms. The Morgan fingerprint density at radius 1 is 1.22 bits per heavy atom. The number of guanidine groups is 1. The summed E-state index contributed by atoms with van der Waals surface area (Å²) < 4.78 is 0. The van der Waals surface area contributed by atoms with Gasteiger partial charge in [0, 0.05) is 38.8 Å². The van der Waals surface area contributed by atoms with Crippen molar-refractivity contribution in [1.82, 2.24) is 10.2 Å². The Labute approximate surface area is 176 Å². The minimum Gasteiger partial charge on any atom is -0.352 e. The van der Waals surface area contributed by atoms with Crippen LogP contribution in [-0.2, 0) is 13.0 Å². The van der Waals surface area contributed by atoms with Crippen molar-refractivity contribution >= 4 is 35.6 Å². The molecular weight excluding hydrogens is 455 g/mol. The molecule has 0 aliphatic carbocycles. The van der Waals surface area contributed by atoms with Crippen LogP contribution in [0.3, 0.4) is 0 Å². The SMILES string of the molecule is CN=C(NCc1cccc([N+](=O)[O-])c1)N1CCC(Cc2ccccc2)C1.I. The third-order valence-corrected chi connectivity index (χ3v) is 4.74. The van der Waals surface area contributed by atoms with Gasteiger partial charge >= 0.3 is 0 Å². The minimum absolute atomic E-state index is 0. The highest BCUT2D eigenvalue weighted by Gasteiger charge is 2.24. The first-order valence-electron chi connectivity index (χ1n) is 8.88. The molecule has 0 radical (unpaired) electrons. The molecule has 6 nitrogen and oxygen atoms in total. The topological polar surface area (TPSA) is 70.8 Å². The van der Waals surface area contributed by atoms with Crippen LogP contribution in [0.25, 0.3) is 0 Å². The van der Waals surface area contributed by atoms with Gasteiger partial charge < -0.3 is 10.2 Å². The molecule has 27 heavy (non-hydrogen) atoms. The normalized spacial score (nSPS) is 16.7. The van der Waals surface area contributed by atoms with Gasteiger partial charge in [-0.05, 0) is 29.9 Å². The van der Waals surface area contributed by atoms with Crippen LogP contribution in [0.2, 0.25) is 0 Å². The number of non-ortho nitro benzene ring substituents is 1. The second-order valence-electron chi connectivity index (χ2n) is 6.62. The van der Waals surface area contributed by atoms with E-state index in [1.807, 2.05) is 12.1 Å². The smallest absolute Gasteiger partial charge is 0.269 e. The number of aliphatic imine (C=N–C) groups is 1. The average molecular weight is 480 g/mol. The Bertz CT molecular complexity index is 783. The Morgan fingerprint density at radius 3 is 2.67 bits per heavy atom. The molecular formula is C20H25IN4O2. The van der Waals surface area contributed by atoms with Crippen molar-refractivity contribution in [2.45, 2.75) is 19.4 Å². The highest BCUT2D eigenvalue weighted by molar-refractivity contribution is 14.0. The maximum atomic E-state index is 10.9. The molecule has 0 amide bonds. The molecule has 1 aliphatic rings. The Kier molecular flexibility index (Phi) is 8.02. The van der Waals surface area contributed by atoms with Gasteiger partial charge in [0.2, 0.25) is 0 Å². The average Bonchev–Trinajstić information content (AvgIpc) is 3.11. The molecule has 0 saturated carbocycles. The zero-order valence-corrected chi connectivity index (χ0v) is 17.7. The van der Waals surface area contributed by atoms with Gasteiger partial charge in [-0.2, -0.15) is 0 Å². The molecule has 1 saturated heterocycles. The lowest BCUT2D eigenvalue weighted by molar-refractivity contribution is -0.384. The summed E-state index contributed by atoms with van der Waals surface area (Å²) >= 11 is 0. The summed E-state index contributed by atoms with van der Waals surface area (Å²) in [6.07, 6.45) is 2.23. The van der Waals surface area contributed by atoms with Gasteiger partial charge in [-0.15, -0.1) is 24.0 Å². The van der Waals surface area contributed by atoms with E-state index in [1.165, 1.54) is 11.6 Å². The third-order valence-electron chi connectivity index (χ3n) is 4.74. The van der Waals surface area contributed by atoms with E-state index in [0.29, 0.717) is 12.5 Å². The van der Waals surface area contributed by atoms with Crippen molar-refractivity contribution in [3.8, 4) is 0 Å². The number of nitro benzene ring substituents is 1. The van der Waals surface area contributed by atoms with Crippen molar-refractivity contribution in [2.24, 2.45) is 10.9 Å². The molecule has 3 rings (SSSR count). The number of hydrogen-bond acceptors (Lipinski definition) is 3. The standard InChI is InChI=1S/C20H24N4O2.HI/c1-21-20(22-14-17-8-5-9-19(13-17)24(25)26)23-11-10-18(15-23)12-16-6-3-2-4-7-16;/h2-9,13,18H,10-12,14-15H2,1H3,(H,21,22);1H. The van der Waals surface area contributed by atoms with Crippen molar-refractivity contribution in [1.29, 1.82) is 0 Å². The lowest BCUT2D eigenvalue weighted by Crippen LogP contribution is -2.39. The molecule has 1 aliphatic heterocycles. The van der Waals surface area contributed by atoms with Crippen LogP contribution in [0.1, 0.15) is 17.5 Å². The van der Waals surface area contributed by atoms with Crippen LogP contribution in [0.5, 0.6) is 0 Å². The van der Waals surface area contributed by atoms with Crippen molar-refractivity contribution < 1.29 is 4.92 Å². The largest absolute Gasteiger partial charge is 0.352 e. The summed E-state index contributed by atoms with van der Waals surface area (Å²) in [5.41, 5.74) is 2.36. The van der Waals surface area contributed by atoms with E-state index in [1.54, 1.807) is 19.2 Å². The molecule has 7 heteroatoms. The van der Waals surface area contributed by atoms with Gasteiger partial charge in [0.25, 0.3) is 5.69 Å². The van der Waals surface area contributed by atoms with Crippen LogP contribution >= 0.6 is 24.0 Å². The number of rotatable bonds is 5. The van der Waals surface area contributed by atoms with Gasteiger partial charge in [-0.3, -0.25) is 15.1 Å². The second kappa shape index (κ2) is 10.2. The summed E-state index contributed by atoms with van der Waals surface area (Å²) in [4.78, 5) is 17.2. The molecule has 1 heterocycles. The molecule has 1 fully saturated rings. The fourth-order valence-electron chi connectivity index (χ4n) is 3.43. The molecule has 0 spiro atoms. The van der Waals surface area contributed by atoms with E-state index in [4.69, 9.17) is 0 Å². The van der Waals surface area contributed by atoms with E-state index >= 15 is 0 Å². The summed E-state index contributed by atoms with van der Waals surface area (Å²) in [6, 6.07) is 17.3. The molecule has 1 N–H and O–H groups in total. The van der Waals surface area contributed by atoms with Crippen molar-refractivity contribution in [3.05, 3.63) is 75.8 Å². The van der Waals surface area contributed by atoms with Gasteiger partial charge in [-0.1, -0.05) is 42.5 Å². The Hall–Kier alpha value is -2.16. The summed E-state index contributed by atoms with van der Waals surface area (Å²) in [7, 11) is 1.78. The first-order valence-corrected chi connectivity index (χ1v) is 8.88. The van der Waals surface area contributed by atoms with Crippen LogP contribution in [0, 0.1) is 16.0 Å². The van der Waals surface area contributed by atoms with Crippen molar-refractivity contribution in [3.63, 3.8) is 0 Å². The Morgan fingerprint density at radius 2 is 1.96 bits per heavy atom. The van der Waals surface area contributed by atoms with E-state index in [0.717, 1.165) is 37.5 Å². The van der Waals surface area contributed by atoms with Crippen LogP contribution in [0.4, 0.5) is 5.69 Å². The number of nitro groups is 1. The number of likely N-dealkylation sites (tertiary alicyclic amines) is 1. The highest BCUT2D eigenvalue weighted by atomic mass is 127. The van der Waals surface area contributed by atoms with Crippen molar-refractivity contribution in [2.75, 3.05) is 20.1 Å². The monoisotopic (exact) mass is 480 g/mol. The lowest BCUT2D eigenvalue weighted by Gasteiger charge is -2.22. The first kappa shape index (κ1) is 21.1. The maximum Gasteiger partial charge on any atom is 0.269 e. The zero-order chi connectivity index (χ0) is 18.4. The Balaban J connectivity index is 0.00000261. The van der Waals surface area contributed by atoms with E-state index in [-0.39, 0.29) is 34.6 Å². The summed E-state index contributed by atoms with van der Waals surface area (Å²) in [6.45, 7) is 2.48. The van der Waals surface area contributed by atoms with Gasteiger partial charge in [0.15, 0.2) is 5.96 Å². The van der Waals surface area contributed by atoms with E-state index in [2.05, 4.69) is 39.5 Å². The zero-order valence-electron chi connectivity index (χ0n) is 15.4. The summed E-state index contributed by atoms with van der Waals surface area (Å²) in [5, 5.41) is 14.2. The number of nitrogens with zero attached hydrogens (tertiary/aromatic N) is 3. The van der Waals surface area contributed by atoms with E-state index in [9.17, 15) is 10.1 Å². The minimum atomic E-state index is -0.368. The number of halogens is 1. The predicted octanol–water partition coefficient (Wildman–Crippen LogP) is 3.85. The van der Waals surface area contributed by atoms with Crippen LogP contribution < -0.4 is 5.32 Å². The fraction of sp³-hybridized carbons (Fsp3) is 0.350. The highest BCUT2D eigenvalue weighted by Crippen LogP contribution is 2.21. The second-order valence-corrected chi connectivity index (χ2v) is 6.62. The maximum absolute atomic E-state index is 10.9. The fourth-order valence-corrected chi connectivity index (χ4v) is 3.43. The molecule has 2 aromatic carbocycles. The first-order chi connectivity index (χ1) is 12.7. The third kappa shape index (κ3) is 5.92. The van der Waals surface area contributed by atoms with Crippen LogP contribution in [0.15, 0.2) is 59.6 Å². The molecule has 1 unspecified atom stereocenters. The number of nitrogens with one attached hydrogen (secondary N) is 1. The quantitative estimate of drug-likeness (QED) is 0.232. The van der Waals surface area contributed by atoms with Gasteiger partial charge in [0.1, 0.15) is 0 Å². The number of benzene rings is 2. The molecule has 144 valence electrons. The lowest BCUT2D eigenvalue weighted by atomic mass is 9.99. The van der Waals surface area contributed by atoms with Crippen LogP contribution in [-0.4, -0.2) is 35.9 Å².